The van der Waals surface area contributed by atoms with Crippen LogP contribution in [0.15, 0.2) is 42.5 Å². The van der Waals surface area contributed by atoms with E-state index < -0.39 is 23.4 Å². The van der Waals surface area contributed by atoms with Crippen LogP contribution in [0.25, 0.3) is 6.08 Å². The van der Waals surface area contributed by atoms with Crippen molar-refractivity contribution in [3.8, 4) is 11.8 Å². The molecule has 0 amide bonds. The summed E-state index contributed by atoms with van der Waals surface area (Å²) in [5.74, 6) is 5.93. The fourth-order valence-corrected chi connectivity index (χ4v) is 4.64. The number of alkyl halides is 6. The molecule has 3 nitrogen and oxygen atoms in total. The zero-order valence-corrected chi connectivity index (χ0v) is 23.2. The minimum atomic E-state index is -5.92. The van der Waals surface area contributed by atoms with E-state index in [1.54, 1.807) is 19.1 Å². The number of carbonyl (C=O) groups is 1. The molecule has 0 atom stereocenters. The molecular weight excluding hydrogens is 534 g/mol. The van der Waals surface area contributed by atoms with Gasteiger partial charge in [-0.3, -0.25) is 4.79 Å². The van der Waals surface area contributed by atoms with Gasteiger partial charge in [-0.2, -0.15) is 26.3 Å². The van der Waals surface area contributed by atoms with Crippen LogP contribution in [0.1, 0.15) is 79.3 Å². The first-order valence-corrected chi connectivity index (χ1v) is 12.9. The first-order chi connectivity index (χ1) is 18.6. The summed E-state index contributed by atoms with van der Waals surface area (Å²) >= 11 is 0. The van der Waals surface area contributed by atoms with Crippen molar-refractivity contribution in [1.29, 1.82) is 0 Å². The lowest BCUT2D eigenvalue weighted by Crippen LogP contribution is -2.55. The van der Waals surface area contributed by atoms with Crippen molar-refractivity contribution in [3.63, 3.8) is 0 Å². The van der Waals surface area contributed by atoms with Gasteiger partial charge >= 0.3 is 18.3 Å². The van der Waals surface area contributed by atoms with Crippen molar-refractivity contribution in [3.05, 3.63) is 75.9 Å². The summed E-state index contributed by atoms with van der Waals surface area (Å²) in [7, 11) is 1.34. The van der Waals surface area contributed by atoms with Crippen LogP contribution in [0.5, 0.6) is 0 Å². The van der Waals surface area contributed by atoms with Crippen molar-refractivity contribution in [2.75, 3.05) is 7.11 Å². The van der Waals surface area contributed by atoms with Crippen LogP contribution in [-0.4, -0.2) is 36.1 Å². The minimum absolute atomic E-state index is 0.130. The van der Waals surface area contributed by atoms with Crippen LogP contribution in [0.4, 0.5) is 26.3 Å². The van der Waals surface area contributed by atoms with Gasteiger partial charge in [0.1, 0.15) is 0 Å². The summed E-state index contributed by atoms with van der Waals surface area (Å²) < 4.78 is 83.0. The van der Waals surface area contributed by atoms with Crippen molar-refractivity contribution in [1.82, 2.24) is 0 Å². The van der Waals surface area contributed by atoms with Crippen molar-refractivity contribution in [2.24, 2.45) is 0 Å². The molecule has 0 heterocycles. The standard InChI is InChI=1S/C31H34F6O3/c1-6-28(7-2,25-15-13-23(21(3)19-25)11-9-8-10-12-27(38)40-5)26-16-14-24(22(4)20-26)17-18-29(39,30(32,33)34)31(35,36)37/h13-20,39H,6-8,10,12H2,1-5H3/b18-17+. The maximum atomic E-state index is 13.1. The monoisotopic (exact) mass is 568 g/mol. The maximum Gasteiger partial charge on any atom is 0.430 e. The zero-order chi connectivity index (χ0) is 30.4. The predicted molar refractivity (Wildman–Crippen MR) is 143 cm³/mol. The smallest absolute Gasteiger partial charge is 0.430 e. The second-order valence-electron chi connectivity index (χ2n) is 9.72. The number of methoxy groups -OCH3 is 1. The first-order valence-electron chi connectivity index (χ1n) is 12.9. The van der Waals surface area contributed by atoms with E-state index in [-0.39, 0.29) is 17.6 Å². The molecule has 2 rings (SSSR count). The van der Waals surface area contributed by atoms with Crippen molar-refractivity contribution >= 4 is 12.0 Å². The number of rotatable bonds is 9. The normalized spacial score (nSPS) is 12.8. The van der Waals surface area contributed by atoms with E-state index in [9.17, 15) is 36.2 Å². The highest BCUT2D eigenvalue weighted by molar-refractivity contribution is 5.69. The number of carbonyl (C=O) groups excluding carboxylic acids is 1. The Hall–Kier alpha value is -3.25. The molecule has 0 aliphatic rings. The Labute approximate surface area is 231 Å². The van der Waals surface area contributed by atoms with Crippen molar-refractivity contribution in [2.45, 2.75) is 83.2 Å². The average Bonchev–Trinajstić information content (AvgIpc) is 2.88. The molecule has 0 bridgehead atoms. The third-order valence-electron chi connectivity index (χ3n) is 7.31. The Kier molecular flexibility index (Phi) is 10.7. The van der Waals surface area contributed by atoms with Gasteiger partial charge in [0.05, 0.1) is 7.11 Å². The third-order valence-corrected chi connectivity index (χ3v) is 7.31. The molecular formula is C31H34F6O3. The molecule has 0 saturated carbocycles. The van der Waals surface area contributed by atoms with Crippen LogP contribution >= 0.6 is 0 Å². The second kappa shape index (κ2) is 12.9. The number of benzene rings is 2. The Morgan fingerprint density at radius 1 is 0.925 bits per heavy atom. The van der Waals surface area contributed by atoms with Gasteiger partial charge < -0.3 is 9.84 Å². The molecule has 2 aromatic carbocycles. The predicted octanol–water partition coefficient (Wildman–Crippen LogP) is 7.97. The summed E-state index contributed by atoms with van der Waals surface area (Å²) in [5, 5.41) is 9.44. The van der Waals surface area contributed by atoms with Gasteiger partial charge in [0.15, 0.2) is 0 Å². The highest BCUT2D eigenvalue weighted by Gasteiger charge is 2.68. The largest absolute Gasteiger partial charge is 0.469 e. The lowest BCUT2D eigenvalue weighted by atomic mass is 9.69. The van der Waals surface area contributed by atoms with Gasteiger partial charge in [0, 0.05) is 23.8 Å². The number of aliphatic hydroxyl groups is 1. The van der Waals surface area contributed by atoms with Gasteiger partial charge in [0.25, 0.3) is 5.60 Å². The Morgan fingerprint density at radius 2 is 1.48 bits per heavy atom. The molecule has 40 heavy (non-hydrogen) atoms. The number of halogens is 6. The molecule has 0 saturated heterocycles. The molecule has 0 unspecified atom stereocenters. The van der Waals surface area contributed by atoms with Gasteiger partial charge in [-0.05, 0) is 73.1 Å². The average molecular weight is 569 g/mol. The summed E-state index contributed by atoms with van der Waals surface area (Å²) in [4.78, 5) is 11.2. The third kappa shape index (κ3) is 7.08. The van der Waals surface area contributed by atoms with E-state index in [4.69, 9.17) is 0 Å². The molecule has 0 radical (unpaired) electrons. The Bertz CT molecular complexity index is 1260. The fraction of sp³-hybridized carbons (Fsp3) is 0.452. The molecule has 218 valence electrons. The quantitative estimate of drug-likeness (QED) is 0.144. The number of unbranched alkanes of at least 4 members (excludes halogenated alkanes) is 1. The molecule has 0 aromatic heterocycles. The number of esters is 1. The van der Waals surface area contributed by atoms with Gasteiger partial charge in [-0.1, -0.05) is 62.1 Å². The highest BCUT2D eigenvalue weighted by Crippen LogP contribution is 2.45. The van der Waals surface area contributed by atoms with Crippen LogP contribution in [-0.2, 0) is 14.9 Å². The summed E-state index contributed by atoms with van der Waals surface area (Å²) in [6.07, 6.45) is -8.61. The summed E-state index contributed by atoms with van der Waals surface area (Å²) in [6.45, 7) is 7.58. The van der Waals surface area contributed by atoms with E-state index in [1.165, 1.54) is 13.2 Å². The SMILES string of the molecule is CCC(CC)(c1ccc(C#CCCCC(=O)OC)c(C)c1)c1ccc(/C=C/C(O)(C(F)(F)F)C(F)(F)F)c(C)c1. The summed E-state index contributed by atoms with van der Waals surface area (Å²) in [6, 6.07) is 10.9. The van der Waals surface area contributed by atoms with E-state index >= 15 is 0 Å². The van der Waals surface area contributed by atoms with E-state index in [0.717, 1.165) is 22.3 Å². The summed E-state index contributed by atoms with van der Waals surface area (Å²) in [5.41, 5.74) is -1.12. The van der Waals surface area contributed by atoms with Crippen LogP contribution in [0.2, 0.25) is 0 Å². The molecule has 0 fully saturated rings. The molecule has 0 aliphatic carbocycles. The van der Waals surface area contributed by atoms with E-state index in [0.29, 0.717) is 43.7 Å². The number of hydrogen-bond acceptors (Lipinski definition) is 3. The maximum absolute atomic E-state index is 13.1. The van der Waals surface area contributed by atoms with Crippen LogP contribution in [0.3, 0.4) is 0 Å². The zero-order valence-electron chi connectivity index (χ0n) is 23.2. The number of hydrogen-bond donors (Lipinski definition) is 1. The minimum Gasteiger partial charge on any atom is -0.469 e. The number of aryl methyl sites for hydroxylation is 2. The van der Waals surface area contributed by atoms with E-state index in [1.807, 2.05) is 39.0 Å². The molecule has 1 N–H and O–H groups in total. The van der Waals surface area contributed by atoms with Crippen LogP contribution in [0, 0.1) is 25.7 Å². The molecule has 0 aliphatic heterocycles. The highest BCUT2D eigenvalue weighted by atomic mass is 19.4. The molecule has 2 aromatic rings. The Morgan fingerprint density at radius 3 is 1.95 bits per heavy atom. The lowest BCUT2D eigenvalue weighted by molar-refractivity contribution is -0.347. The number of ether oxygens (including phenoxy) is 1. The van der Waals surface area contributed by atoms with Gasteiger partial charge in [-0.25, -0.2) is 0 Å². The van der Waals surface area contributed by atoms with Gasteiger partial charge in [0.2, 0.25) is 0 Å². The topological polar surface area (TPSA) is 46.5 Å². The second-order valence-corrected chi connectivity index (χ2v) is 9.72. The van der Waals surface area contributed by atoms with E-state index in [2.05, 4.69) is 16.6 Å². The fourth-order valence-electron chi connectivity index (χ4n) is 4.64. The molecule has 0 spiro atoms. The lowest BCUT2D eigenvalue weighted by Gasteiger charge is -2.34. The van der Waals surface area contributed by atoms with Crippen molar-refractivity contribution < 1.29 is 41.0 Å². The van der Waals surface area contributed by atoms with Gasteiger partial charge in [-0.15, -0.1) is 0 Å². The van der Waals surface area contributed by atoms with Crippen LogP contribution < -0.4 is 0 Å². The first kappa shape index (κ1) is 33.0. The Balaban J connectivity index is 2.40. The molecule has 9 heteroatoms.